The molecule has 0 saturated heterocycles. The SMILES string of the molecule is COc1cc(/C=C(/C#N)c2cccc([N+](=O)[O-])c2)ccc1OCc1ccccc1Cl. The largest absolute Gasteiger partial charge is 0.493 e. The molecule has 0 unspecified atom stereocenters. The number of rotatable bonds is 7. The van der Waals surface area contributed by atoms with Crippen molar-refractivity contribution in [3.8, 4) is 17.6 Å². The molecule has 0 aliphatic heterocycles. The third-order valence-electron chi connectivity index (χ3n) is 4.33. The Morgan fingerprint density at radius 3 is 2.63 bits per heavy atom. The number of nitrogens with zero attached hydrogens (tertiary/aromatic N) is 2. The minimum absolute atomic E-state index is 0.0745. The van der Waals surface area contributed by atoms with Crippen LogP contribution < -0.4 is 9.47 Å². The first-order valence-electron chi connectivity index (χ1n) is 8.92. The Kier molecular flexibility index (Phi) is 6.68. The average molecular weight is 421 g/mol. The Balaban J connectivity index is 1.86. The van der Waals surface area contributed by atoms with E-state index in [2.05, 4.69) is 6.07 Å². The molecule has 0 aliphatic carbocycles. The van der Waals surface area contributed by atoms with Crippen LogP contribution in [0.2, 0.25) is 5.02 Å². The van der Waals surface area contributed by atoms with Crippen LogP contribution in [0, 0.1) is 21.4 Å². The van der Waals surface area contributed by atoms with E-state index < -0.39 is 4.92 Å². The van der Waals surface area contributed by atoms with Gasteiger partial charge in [-0.1, -0.05) is 48.0 Å². The maximum atomic E-state index is 11.0. The average Bonchev–Trinajstić information content (AvgIpc) is 2.77. The summed E-state index contributed by atoms with van der Waals surface area (Å²) in [6.45, 7) is 0.280. The number of halogens is 1. The van der Waals surface area contributed by atoms with Crippen LogP contribution in [0.4, 0.5) is 5.69 Å². The van der Waals surface area contributed by atoms with Crippen molar-refractivity contribution in [1.82, 2.24) is 0 Å². The summed E-state index contributed by atoms with van der Waals surface area (Å²) in [6, 6.07) is 20.7. The second-order valence-corrected chi connectivity index (χ2v) is 6.67. The van der Waals surface area contributed by atoms with Gasteiger partial charge in [-0.05, 0) is 35.4 Å². The molecule has 0 aromatic heterocycles. The van der Waals surface area contributed by atoms with Crippen molar-refractivity contribution in [2.45, 2.75) is 6.61 Å². The fourth-order valence-electron chi connectivity index (χ4n) is 2.80. The Labute approximate surface area is 178 Å². The molecule has 0 atom stereocenters. The van der Waals surface area contributed by atoms with Gasteiger partial charge in [0.1, 0.15) is 6.61 Å². The van der Waals surface area contributed by atoms with E-state index in [9.17, 15) is 15.4 Å². The summed E-state index contributed by atoms with van der Waals surface area (Å²) in [7, 11) is 1.52. The van der Waals surface area contributed by atoms with Gasteiger partial charge in [-0.3, -0.25) is 10.1 Å². The topological polar surface area (TPSA) is 85.4 Å². The first-order valence-corrected chi connectivity index (χ1v) is 9.30. The quantitative estimate of drug-likeness (QED) is 0.205. The van der Waals surface area contributed by atoms with Gasteiger partial charge < -0.3 is 9.47 Å². The molecule has 0 N–H and O–H groups in total. The highest BCUT2D eigenvalue weighted by Crippen LogP contribution is 2.31. The van der Waals surface area contributed by atoms with E-state index in [-0.39, 0.29) is 12.3 Å². The highest BCUT2D eigenvalue weighted by Gasteiger charge is 2.11. The second-order valence-electron chi connectivity index (χ2n) is 6.27. The molecule has 0 heterocycles. The molecule has 0 aliphatic rings. The zero-order valence-electron chi connectivity index (χ0n) is 16.0. The monoisotopic (exact) mass is 420 g/mol. The Bertz CT molecular complexity index is 1150. The van der Waals surface area contributed by atoms with E-state index in [0.29, 0.717) is 33.2 Å². The van der Waals surface area contributed by atoms with Crippen molar-refractivity contribution < 1.29 is 14.4 Å². The number of nitro groups is 1. The van der Waals surface area contributed by atoms with Gasteiger partial charge >= 0.3 is 0 Å². The highest BCUT2D eigenvalue weighted by molar-refractivity contribution is 6.31. The molecule has 3 aromatic rings. The molecule has 30 heavy (non-hydrogen) atoms. The fraction of sp³-hybridized carbons (Fsp3) is 0.0870. The van der Waals surface area contributed by atoms with Crippen LogP contribution in [-0.4, -0.2) is 12.0 Å². The van der Waals surface area contributed by atoms with E-state index in [1.165, 1.54) is 19.2 Å². The molecule has 6 nitrogen and oxygen atoms in total. The third-order valence-corrected chi connectivity index (χ3v) is 4.70. The van der Waals surface area contributed by atoms with Gasteiger partial charge in [0.25, 0.3) is 5.69 Å². The Morgan fingerprint density at radius 1 is 1.13 bits per heavy atom. The molecule has 0 saturated carbocycles. The fourth-order valence-corrected chi connectivity index (χ4v) is 2.99. The molecule has 0 radical (unpaired) electrons. The van der Waals surface area contributed by atoms with Crippen LogP contribution in [0.1, 0.15) is 16.7 Å². The van der Waals surface area contributed by atoms with Crippen LogP contribution in [0.15, 0.2) is 66.7 Å². The number of ether oxygens (including phenoxy) is 2. The maximum absolute atomic E-state index is 11.0. The van der Waals surface area contributed by atoms with E-state index in [1.807, 2.05) is 18.2 Å². The van der Waals surface area contributed by atoms with Crippen molar-refractivity contribution >= 4 is 28.9 Å². The maximum Gasteiger partial charge on any atom is 0.270 e. The molecule has 0 amide bonds. The molecule has 0 spiro atoms. The number of hydrogen-bond donors (Lipinski definition) is 0. The Hall–Kier alpha value is -3.82. The second kappa shape index (κ2) is 9.59. The number of hydrogen-bond acceptors (Lipinski definition) is 5. The van der Waals surface area contributed by atoms with Crippen molar-refractivity contribution in [3.05, 3.63) is 98.6 Å². The summed E-state index contributed by atoms with van der Waals surface area (Å²) >= 11 is 6.16. The van der Waals surface area contributed by atoms with Crippen LogP contribution in [0.3, 0.4) is 0 Å². The number of non-ortho nitro benzene ring substituents is 1. The third kappa shape index (κ3) is 4.96. The lowest BCUT2D eigenvalue weighted by Crippen LogP contribution is -1.98. The minimum atomic E-state index is -0.493. The lowest BCUT2D eigenvalue weighted by Gasteiger charge is -2.12. The van der Waals surface area contributed by atoms with E-state index in [0.717, 1.165) is 5.56 Å². The predicted octanol–water partition coefficient (Wildman–Crippen LogP) is 5.90. The van der Waals surface area contributed by atoms with Crippen LogP contribution >= 0.6 is 11.6 Å². The van der Waals surface area contributed by atoms with Gasteiger partial charge in [-0.25, -0.2) is 0 Å². The molecule has 7 heteroatoms. The van der Waals surface area contributed by atoms with Gasteiger partial charge in [-0.2, -0.15) is 5.26 Å². The molecule has 3 rings (SSSR count). The van der Waals surface area contributed by atoms with Crippen molar-refractivity contribution in [1.29, 1.82) is 5.26 Å². The molecule has 0 fully saturated rings. The normalized spacial score (nSPS) is 10.9. The van der Waals surface area contributed by atoms with E-state index >= 15 is 0 Å². The summed E-state index contributed by atoms with van der Waals surface area (Å²) in [5, 5.41) is 21.1. The van der Waals surface area contributed by atoms with Crippen molar-refractivity contribution in [2.24, 2.45) is 0 Å². The first kappa shape index (κ1) is 20.9. The summed E-state index contributed by atoms with van der Waals surface area (Å²) in [5.41, 5.74) is 2.23. The number of benzene rings is 3. The summed E-state index contributed by atoms with van der Waals surface area (Å²) in [6.07, 6.45) is 1.64. The standard InChI is InChI=1S/C23H17ClN2O4/c1-29-23-12-16(9-10-22(23)30-15-18-5-2-3-8-21(18)24)11-19(14-25)17-6-4-7-20(13-17)26(27)28/h2-13H,15H2,1H3/b19-11-. The predicted molar refractivity (Wildman–Crippen MR) is 115 cm³/mol. The minimum Gasteiger partial charge on any atom is -0.493 e. The molecule has 0 bridgehead atoms. The van der Waals surface area contributed by atoms with Crippen molar-refractivity contribution in [3.63, 3.8) is 0 Å². The number of allylic oxidation sites excluding steroid dienone is 1. The van der Waals surface area contributed by atoms with Gasteiger partial charge in [0, 0.05) is 22.7 Å². The lowest BCUT2D eigenvalue weighted by atomic mass is 10.0. The molecule has 150 valence electrons. The van der Waals surface area contributed by atoms with Gasteiger partial charge in [0.2, 0.25) is 0 Å². The zero-order valence-corrected chi connectivity index (χ0v) is 16.8. The number of nitriles is 1. The summed E-state index contributed by atoms with van der Waals surface area (Å²) in [5.74, 6) is 1.02. The van der Waals surface area contributed by atoms with Crippen LogP contribution in [0.25, 0.3) is 11.6 Å². The molecule has 3 aromatic carbocycles. The number of methoxy groups -OCH3 is 1. The molecular weight excluding hydrogens is 404 g/mol. The van der Waals surface area contributed by atoms with Gasteiger partial charge in [-0.15, -0.1) is 0 Å². The van der Waals surface area contributed by atoms with Crippen LogP contribution in [0.5, 0.6) is 11.5 Å². The molecular formula is C23H17ClN2O4. The van der Waals surface area contributed by atoms with Gasteiger partial charge in [0.05, 0.1) is 23.7 Å². The summed E-state index contributed by atoms with van der Waals surface area (Å²) in [4.78, 5) is 10.5. The van der Waals surface area contributed by atoms with Crippen molar-refractivity contribution in [2.75, 3.05) is 7.11 Å². The smallest absolute Gasteiger partial charge is 0.270 e. The Morgan fingerprint density at radius 2 is 1.93 bits per heavy atom. The zero-order chi connectivity index (χ0) is 21.5. The summed E-state index contributed by atoms with van der Waals surface area (Å²) < 4.78 is 11.3. The van der Waals surface area contributed by atoms with Crippen LogP contribution in [-0.2, 0) is 6.61 Å². The van der Waals surface area contributed by atoms with E-state index in [4.69, 9.17) is 21.1 Å². The highest BCUT2D eigenvalue weighted by atomic mass is 35.5. The number of nitro benzene ring substituents is 1. The van der Waals surface area contributed by atoms with Gasteiger partial charge in [0.15, 0.2) is 11.5 Å². The first-order chi connectivity index (χ1) is 14.5. The van der Waals surface area contributed by atoms with E-state index in [1.54, 1.807) is 42.5 Å². The lowest BCUT2D eigenvalue weighted by molar-refractivity contribution is -0.384.